The highest BCUT2D eigenvalue weighted by molar-refractivity contribution is 5.77. The lowest BCUT2D eigenvalue weighted by atomic mass is 10.1. The van der Waals surface area contributed by atoms with Gasteiger partial charge in [-0.15, -0.1) is 0 Å². The number of aromatic amines is 1. The molecule has 0 aromatic carbocycles. The molecule has 0 saturated heterocycles. The van der Waals surface area contributed by atoms with Gasteiger partial charge < -0.3 is 25.2 Å². The number of hydrogen-bond acceptors (Lipinski definition) is 9. The highest BCUT2D eigenvalue weighted by Gasteiger charge is 2.27. The van der Waals surface area contributed by atoms with Crippen molar-refractivity contribution in [2.24, 2.45) is 0 Å². The molecule has 33 heavy (non-hydrogen) atoms. The Bertz CT molecular complexity index is 1050. The van der Waals surface area contributed by atoms with Crippen LogP contribution in [0.25, 0.3) is 11.3 Å². The Morgan fingerprint density at radius 3 is 2.70 bits per heavy atom. The third-order valence-electron chi connectivity index (χ3n) is 5.90. The molecule has 4 N–H and O–H groups in total. The quantitative estimate of drug-likeness (QED) is 0.374. The second kappa shape index (κ2) is 10.2. The Labute approximate surface area is 194 Å². The number of hydrogen-bond donors (Lipinski definition) is 3. The Morgan fingerprint density at radius 2 is 2.03 bits per heavy atom. The number of nitrogen functional groups attached to an aromatic ring is 1. The molecule has 0 aliphatic heterocycles. The van der Waals surface area contributed by atoms with Crippen molar-refractivity contribution in [1.29, 1.82) is 0 Å². The molecule has 4 rings (SSSR count). The van der Waals surface area contributed by atoms with Crippen LogP contribution in [0.4, 0.5) is 11.8 Å². The summed E-state index contributed by atoms with van der Waals surface area (Å²) in [5.74, 6) is 2.67. The first kappa shape index (κ1) is 23.0. The van der Waals surface area contributed by atoms with E-state index in [0.29, 0.717) is 59.7 Å². The average Bonchev–Trinajstić information content (AvgIpc) is 3.33. The van der Waals surface area contributed by atoms with Gasteiger partial charge in [-0.2, -0.15) is 15.1 Å². The summed E-state index contributed by atoms with van der Waals surface area (Å²) in [6, 6.07) is 3.96. The summed E-state index contributed by atoms with van der Waals surface area (Å²) < 4.78 is 11.5. The molecule has 0 amide bonds. The standard InChI is InChI=1S/C23H34N8O2/c1-5-31(6-2)9-10-32-22-20(19-12-18(28-29-19)15-7-8-15)21(24)26-23(27-22)25-13-16-11-17(14(3)4)30-33-16/h11-12,14-15H,5-10,13H2,1-4H3,(H,28,29)(H3,24,25,26,27). The molecule has 10 heteroatoms. The van der Waals surface area contributed by atoms with Crippen molar-refractivity contribution in [1.82, 2.24) is 30.2 Å². The predicted octanol–water partition coefficient (Wildman–Crippen LogP) is 3.77. The second-order valence-corrected chi connectivity index (χ2v) is 8.70. The molecule has 178 valence electrons. The van der Waals surface area contributed by atoms with E-state index in [0.717, 1.165) is 31.0 Å². The topological polar surface area (TPSA) is 131 Å². The molecule has 0 spiro atoms. The Hall–Kier alpha value is -3.14. The summed E-state index contributed by atoms with van der Waals surface area (Å²) in [5.41, 5.74) is 9.73. The van der Waals surface area contributed by atoms with Gasteiger partial charge in [-0.05, 0) is 37.9 Å². The molecule has 1 saturated carbocycles. The minimum absolute atomic E-state index is 0.300. The number of anilines is 2. The molecule has 1 aliphatic rings. The number of nitrogens with zero attached hydrogens (tertiary/aromatic N) is 5. The van der Waals surface area contributed by atoms with Crippen LogP contribution in [0.15, 0.2) is 16.7 Å². The fraction of sp³-hybridized carbons (Fsp3) is 0.565. The average molecular weight is 455 g/mol. The van der Waals surface area contributed by atoms with E-state index in [4.69, 9.17) is 15.0 Å². The zero-order chi connectivity index (χ0) is 23.4. The van der Waals surface area contributed by atoms with Gasteiger partial charge in [-0.25, -0.2) is 0 Å². The summed E-state index contributed by atoms with van der Waals surface area (Å²) in [7, 11) is 0. The first-order valence-electron chi connectivity index (χ1n) is 11.8. The molecule has 3 aromatic rings. The van der Waals surface area contributed by atoms with Crippen LogP contribution in [0.5, 0.6) is 5.88 Å². The van der Waals surface area contributed by atoms with Gasteiger partial charge in [0, 0.05) is 24.2 Å². The summed E-state index contributed by atoms with van der Waals surface area (Å²) in [5, 5.41) is 14.9. The summed E-state index contributed by atoms with van der Waals surface area (Å²) in [4.78, 5) is 11.4. The molecule has 0 atom stereocenters. The van der Waals surface area contributed by atoms with E-state index in [1.807, 2.05) is 12.1 Å². The lowest BCUT2D eigenvalue weighted by Crippen LogP contribution is -2.28. The van der Waals surface area contributed by atoms with Gasteiger partial charge in [0.2, 0.25) is 11.8 Å². The largest absolute Gasteiger partial charge is 0.476 e. The summed E-state index contributed by atoms with van der Waals surface area (Å²) in [6.07, 6.45) is 2.37. The lowest BCUT2D eigenvalue weighted by molar-refractivity contribution is 0.218. The zero-order valence-electron chi connectivity index (χ0n) is 19.9. The van der Waals surface area contributed by atoms with Gasteiger partial charge in [-0.3, -0.25) is 5.10 Å². The van der Waals surface area contributed by atoms with Crippen molar-refractivity contribution in [3.8, 4) is 17.1 Å². The van der Waals surface area contributed by atoms with Crippen LogP contribution in [0.1, 0.15) is 69.5 Å². The maximum atomic E-state index is 6.38. The Kier molecular flexibility index (Phi) is 7.12. The molecule has 10 nitrogen and oxygen atoms in total. The number of likely N-dealkylation sites (N-methyl/N-ethyl adjacent to an activating group) is 1. The van der Waals surface area contributed by atoms with E-state index in [2.05, 4.69) is 63.2 Å². The summed E-state index contributed by atoms with van der Waals surface area (Å²) in [6.45, 7) is 12.0. The molecular formula is C23H34N8O2. The van der Waals surface area contributed by atoms with Crippen LogP contribution >= 0.6 is 0 Å². The monoisotopic (exact) mass is 454 g/mol. The minimum atomic E-state index is 0.300. The van der Waals surface area contributed by atoms with Crippen LogP contribution in [-0.2, 0) is 6.54 Å². The van der Waals surface area contributed by atoms with E-state index < -0.39 is 0 Å². The van der Waals surface area contributed by atoms with Crippen LogP contribution in [0.2, 0.25) is 0 Å². The van der Waals surface area contributed by atoms with Crippen molar-refractivity contribution >= 4 is 11.8 Å². The molecule has 0 radical (unpaired) electrons. The SMILES string of the molecule is CCN(CC)CCOc1nc(NCc2cc(C(C)C)no2)nc(N)c1-c1cc(C2CC2)[nH]n1. The molecule has 1 aliphatic carbocycles. The van der Waals surface area contributed by atoms with E-state index >= 15 is 0 Å². The zero-order valence-corrected chi connectivity index (χ0v) is 19.9. The van der Waals surface area contributed by atoms with Gasteiger partial charge in [0.1, 0.15) is 23.7 Å². The molecule has 3 heterocycles. The van der Waals surface area contributed by atoms with Crippen molar-refractivity contribution in [3.63, 3.8) is 0 Å². The van der Waals surface area contributed by atoms with E-state index in [1.165, 1.54) is 12.8 Å². The smallest absolute Gasteiger partial charge is 0.230 e. The number of nitrogens with one attached hydrogen (secondary N) is 2. The molecular weight excluding hydrogens is 420 g/mol. The highest BCUT2D eigenvalue weighted by atomic mass is 16.5. The molecule has 0 unspecified atom stereocenters. The van der Waals surface area contributed by atoms with Crippen LogP contribution in [0, 0.1) is 0 Å². The van der Waals surface area contributed by atoms with Crippen molar-refractivity contribution in [2.45, 2.75) is 58.9 Å². The number of nitrogens with two attached hydrogens (primary N) is 1. The van der Waals surface area contributed by atoms with Gasteiger partial charge in [0.05, 0.1) is 12.2 Å². The van der Waals surface area contributed by atoms with Crippen LogP contribution in [-0.4, -0.2) is 56.5 Å². The van der Waals surface area contributed by atoms with Gasteiger partial charge in [-0.1, -0.05) is 32.9 Å². The third-order valence-corrected chi connectivity index (χ3v) is 5.90. The van der Waals surface area contributed by atoms with E-state index in [-0.39, 0.29) is 0 Å². The molecule has 0 bridgehead atoms. The predicted molar refractivity (Wildman–Crippen MR) is 127 cm³/mol. The third kappa shape index (κ3) is 5.62. The van der Waals surface area contributed by atoms with E-state index in [1.54, 1.807) is 0 Å². The van der Waals surface area contributed by atoms with E-state index in [9.17, 15) is 0 Å². The Balaban J connectivity index is 1.55. The highest BCUT2D eigenvalue weighted by Crippen LogP contribution is 2.41. The normalized spacial score (nSPS) is 13.8. The van der Waals surface area contributed by atoms with Crippen LogP contribution in [0.3, 0.4) is 0 Å². The van der Waals surface area contributed by atoms with Crippen molar-refractivity contribution in [2.75, 3.05) is 37.3 Å². The number of H-pyrrole nitrogens is 1. The second-order valence-electron chi connectivity index (χ2n) is 8.70. The van der Waals surface area contributed by atoms with Gasteiger partial charge in [0.15, 0.2) is 5.76 Å². The maximum Gasteiger partial charge on any atom is 0.230 e. The van der Waals surface area contributed by atoms with Crippen molar-refractivity contribution < 1.29 is 9.26 Å². The molecule has 3 aromatic heterocycles. The lowest BCUT2D eigenvalue weighted by Gasteiger charge is -2.19. The fourth-order valence-electron chi connectivity index (χ4n) is 3.61. The number of rotatable bonds is 12. The number of aromatic nitrogens is 5. The van der Waals surface area contributed by atoms with Gasteiger partial charge >= 0.3 is 0 Å². The van der Waals surface area contributed by atoms with Crippen LogP contribution < -0.4 is 15.8 Å². The maximum absolute atomic E-state index is 6.38. The van der Waals surface area contributed by atoms with Crippen molar-refractivity contribution in [3.05, 3.63) is 29.3 Å². The Morgan fingerprint density at radius 1 is 1.24 bits per heavy atom. The minimum Gasteiger partial charge on any atom is -0.476 e. The van der Waals surface area contributed by atoms with Gasteiger partial charge in [0.25, 0.3) is 0 Å². The first-order valence-corrected chi connectivity index (χ1v) is 11.8. The summed E-state index contributed by atoms with van der Waals surface area (Å²) >= 11 is 0. The fourth-order valence-corrected chi connectivity index (χ4v) is 3.61. The number of ether oxygens (including phenoxy) is 1. The first-order chi connectivity index (χ1) is 16.0. The molecule has 1 fully saturated rings.